The largest absolute Gasteiger partial charge is 0.302 e. The van der Waals surface area contributed by atoms with E-state index in [9.17, 15) is 4.79 Å². The molecule has 0 bridgehead atoms. The third-order valence-corrected chi connectivity index (χ3v) is 3.94. The van der Waals surface area contributed by atoms with Gasteiger partial charge in [0.05, 0.1) is 6.54 Å². The molecule has 0 spiro atoms. The number of aliphatic imine (C=N–C) groups is 1. The van der Waals surface area contributed by atoms with Gasteiger partial charge in [-0.2, -0.15) is 0 Å². The van der Waals surface area contributed by atoms with E-state index in [0.29, 0.717) is 0 Å². The van der Waals surface area contributed by atoms with Gasteiger partial charge in [-0.25, -0.2) is 0 Å². The van der Waals surface area contributed by atoms with Gasteiger partial charge in [-0.15, -0.1) is 0 Å². The number of carbonyl (C=O) groups is 1. The van der Waals surface area contributed by atoms with Crippen molar-refractivity contribution in [2.75, 3.05) is 12.3 Å². The summed E-state index contributed by atoms with van der Waals surface area (Å²) in [6, 6.07) is 14.2. The van der Waals surface area contributed by atoms with Crippen LogP contribution in [0.1, 0.15) is 5.56 Å². The van der Waals surface area contributed by atoms with Crippen LogP contribution in [0.5, 0.6) is 0 Å². The lowest BCUT2D eigenvalue weighted by Crippen LogP contribution is -2.25. The highest BCUT2D eigenvalue weighted by molar-refractivity contribution is 8.14. The molecule has 0 aromatic heterocycles. The first-order chi connectivity index (χ1) is 9.83. The van der Waals surface area contributed by atoms with Crippen LogP contribution in [-0.4, -0.2) is 23.4 Å². The topological polar surface area (TPSA) is 41.5 Å². The van der Waals surface area contributed by atoms with Crippen LogP contribution in [-0.2, 0) is 4.79 Å². The molecule has 2 aromatic rings. The number of amidine groups is 1. The minimum absolute atomic E-state index is 0.133. The molecule has 1 heterocycles. The molecule has 3 rings (SSSR count). The number of carbonyl (C=O) groups excluding carboxylic acids is 1. The zero-order valence-electron chi connectivity index (χ0n) is 10.9. The highest BCUT2D eigenvalue weighted by Gasteiger charge is 2.08. The van der Waals surface area contributed by atoms with E-state index in [0.717, 1.165) is 28.4 Å². The number of amides is 1. The van der Waals surface area contributed by atoms with Crippen LogP contribution in [0.25, 0.3) is 16.8 Å². The predicted octanol–water partition coefficient (Wildman–Crippen LogP) is 3.07. The van der Waals surface area contributed by atoms with Crippen molar-refractivity contribution in [3.05, 3.63) is 54.1 Å². The molecule has 3 nitrogen and oxygen atoms in total. The maximum Gasteiger partial charge on any atom is 0.249 e. The molecule has 2 aromatic carbocycles. The Morgan fingerprint density at radius 2 is 2.05 bits per heavy atom. The van der Waals surface area contributed by atoms with E-state index in [1.807, 2.05) is 30.3 Å². The van der Waals surface area contributed by atoms with Gasteiger partial charge in [0.15, 0.2) is 5.17 Å². The van der Waals surface area contributed by atoms with Gasteiger partial charge in [0.2, 0.25) is 5.91 Å². The summed E-state index contributed by atoms with van der Waals surface area (Å²) in [6.07, 6.45) is 3.40. The average molecular weight is 282 g/mol. The van der Waals surface area contributed by atoms with Crippen molar-refractivity contribution in [1.82, 2.24) is 5.32 Å². The lowest BCUT2D eigenvalue weighted by atomic mass is 10.0. The van der Waals surface area contributed by atoms with Crippen molar-refractivity contribution in [1.29, 1.82) is 0 Å². The Labute approximate surface area is 121 Å². The Hall–Kier alpha value is -2.07. The van der Waals surface area contributed by atoms with E-state index in [1.165, 1.54) is 5.39 Å². The molecular formula is C16H14N2OS. The summed E-state index contributed by atoms with van der Waals surface area (Å²) >= 11 is 1.58. The monoisotopic (exact) mass is 282 g/mol. The molecule has 0 saturated carbocycles. The molecule has 20 heavy (non-hydrogen) atoms. The Morgan fingerprint density at radius 3 is 2.90 bits per heavy atom. The molecule has 100 valence electrons. The van der Waals surface area contributed by atoms with E-state index >= 15 is 0 Å². The average Bonchev–Trinajstić information content (AvgIpc) is 2.98. The van der Waals surface area contributed by atoms with Gasteiger partial charge < -0.3 is 5.32 Å². The first-order valence-corrected chi connectivity index (χ1v) is 7.45. The lowest BCUT2D eigenvalue weighted by Gasteiger charge is -2.02. The third-order valence-electron chi connectivity index (χ3n) is 3.05. The summed E-state index contributed by atoms with van der Waals surface area (Å²) in [5, 5.41) is 5.82. The number of hydrogen-bond acceptors (Lipinski definition) is 3. The predicted molar refractivity (Wildman–Crippen MR) is 85.9 cm³/mol. The van der Waals surface area contributed by atoms with Gasteiger partial charge in [-0.05, 0) is 22.4 Å². The van der Waals surface area contributed by atoms with Crippen LogP contribution in [0, 0.1) is 0 Å². The first kappa shape index (κ1) is 12.9. The molecule has 1 aliphatic rings. The number of benzene rings is 2. The maximum atomic E-state index is 11.8. The maximum absolute atomic E-state index is 11.8. The highest BCUT2D eigenvalue weighted by Crippen LogP contribution is 2.19. The van der Waals surface area contributed by atoms with Gasteiger partial charge in [0.25, 0.3) is 0 Å². The molecular weight excluding hydrogens is 268 g/mol. The number of hydrogen-bond donors (Lipinski definition) is 1. The second kappa shape index (κ2) is 5.92. The summed E-state index contributed by atoms with van der Waals surface area (Å²) in [7, 11) is 0. The van der Waals surface area contributed by atoms with Gasteiger partial charge in [0, 0.05) is 11.8 Å². The van der Waals surface area contributed by atoms with Crippen LogP contribution >= 0.6 is 11.8 Å². The summed E-state index contributed by atoms with van der Waals surface area (Å²) < 4.78 is 0. The van der Waals surface area contributed by atoms with Crippen molar-refractivity contribution in [2.24, 2.45) is 4.99 Å². The van der Waals surface area contributed by atoms with E-state index in [4.69, 9.17) is 0 Å². The SMILES string of the molecule is O=C(C=Cc1cccc2ccccc12)NC1=NCCS1. The van der Waals surface area contributed by atoms with Crippen LogP contribution in [0.2, 0.25) is 0 Å². The standard InChI is InChI=1S/C16H14N2OS/c19-15(18-16-17-10-11-20-16)9-8-13-6-3-5-12-4-1-2-7-14(12)13/h1-9H,10-11H2,(H,17,18,19). The van der Waals surface area contributed by atoms with E-state index in [1.54, 1.807) is 17.8 Å². The summed E-state index contributed by atoms with van der Waals surface area (Å²) in [5.41, 5.74) is 1.04. The fourth-order valence-electron chi connectivity index (χ4n) is 2.12. The number of thioether (sulfide) groups is 1. The fourth-order valence-corrected chi connectivity index (χ4v) is 2.85. The first-order valence-electron chi connectivity index (χ1n) is 6.47. The lowest BCUT2D eigenvalue weighted by molar-refractivity contribution is -0.115. The van der Waals surface area contributed by atoms with Crippen molar-refractivity contribution >= 4 is 39.7 Å². The van der Waals surface area contributed by atoms with Crippen molar-refractivity contribution < 1.29 is 4.79 Å². The Kier molecular flexibility index (Phi) is 3.83. The van der Waals surface area contributed by atoms with E-state index < -0.39 is 0 Å². The fraction of sp³-hybridized carbons (Fsp3) is 0.125. The van der Waals surface area contributed by atoms with Gasteiger partial charge >= 0.3 is 0 Å². The van der Waals surface area contributed by atoms with Crippen LogP contribution < -0.4 is 5.32 Å². The molecule has 0 unspecified atom stereocenters. The number of rotatable bonds is 2. The number of nitrogens with one attached hydrogen (secondary N) is 1. The van der Waals surface area contributed by atoms with Gasteiger partial charge in [-0.3, -0.25) is 9.79 Å². The van der Waals surface area contributed by atoms with Crippen molar-refractivity contribution in [2.45, 2.75) is 0 Å². The molecule has 0 radical (unpaired) electrons. The van der Waals surface area contributed by atoms with Crippen LogP contribution in [0.4, 0.5) is 0 Å². The summed E-state index contributed by atoms with van der Waals surface area (Å²) in [6.45, 7) is 0.785. The second-order valence-corrected chi connectivity index (χ2v) is 5.51. The number of fused-ring (bicyclic) bond motifs is 1. The molecule has 1 amide bonds. The Bertz CT molecular complexity index is 701. The smallest absolute Gasteiger partial charge is 0.249 e. The third kappa shape index (κ3) is 2.91. The Balaban J connectivity index is 1.78. The highest BCUT2D eigenvalue weighted by atomic mass is 32.2. The van der Waals surface area contributed by atoms with E-state index in [2.05, 4.69) is 28.5 Å². The van der Waals surface area contributed by atoms with Crippen molar-refractivity contribution in [3.63, 3.8) is 0 Å². The molecule has 1 N–H and O–H groups in total. The molecule has 0 fully saturated rings. The zero-order valence-corrected chi connectivity index (χ0v) is 11.7. The van der Waals surface area contributed by atoms with Crippen molar-refractivity contribution in [3.8, 4) is 0 Å². The summed E-state index contributed by atoms with van der Waals surface area (Å²) in [4.78, 5) is 16.0. The van der Waals surface area contributed by atoms with Crippen LogP contribution in [0.15, 0.2) is 53.5 Å². The number of nitrogens with zero attached hydrogens (tertiary/aromatic N) is 1. The quantitative estimate of drug-likeness (QED) is 0.860. The molecule has 0 atom stereocenters. The van der Waals surface area contributed by atoms with Gasteiger partial charge in [0.1, 0.15) is 0 Å². The Morgan fingerprint density at radius 1 is 1.20 bits per heavy atom. The van der Waals surface area contributed by atoms with E-state index in [-0.39, 0.29) is 5.91 Å². The van der Waals surface area contributed by atoms with Crippen LogP contribution in [0.3, 0.4) is 0 Å². The molecule has 1 aliphatic heterocycles. The molecule has 0 aliphatic carbocycles. The minimum Gasteiger partial charge on any atom is -0.302 e. The summed E-state index contributed by atoms with van der Waals surface area (Å²) in [5.74, 6) is 0.814. The second-order valence-electron chi connectivity index (χ2n) is 4.43. The minimum atomic E-state index is -0.133. The zero-order chi connectivity index (χ0) is 13.8. The van der Waals surface area contributed by atoms with Gasteiger partial charge in [-0.1, -0.05) is 54.2 Å². The normalized spacial score (nSPS) is 14.7. The molecule has 4 heteroatoms. The molecule has 0 saturated heterocycles.